The van der Waals surface area contributed by atoms with E-state index in [1.807, 2.05) is 62.4 Å². The molecule has 6 nitrogen and oxygen atoms in total. The fourth-order valence-corrected chi connectivity index (χ4v) is 3.80. The number of anilines is 1. The van der Waals surface area contributed by atoms with E-state index < -0.39 is 0 Å². The molecule has 0 unspecified atom stereocenters. The Morgan fingerprint density at radius 2 is 1.93 bits per heavy atom. The van der Waals surface area contributed by atoms with Gasteiger partial charge in [-0.05, 0) is 44.4 Å². The fourth-order valence-electron chi connectivity index (χ4n) is 3.59. The van der Waals surface area contributed by atoms with E-state index in [-0.39, 0.29) is 11.8 Å². The van der Waals surface area contributed by atoms with E-state index in [1.165, 1.54) is 0 Å². The summed E-state index contributed by atoms with van der Waals surface area (Å²) in [6.45, 7) is 3.08. The second-order valence-electron chi connectivity index (χ2n) is 7.93. The first-order chi connectivity index (χ1) is 13.9. The quantitative estimate of drug-likeness (QED) is 0.676. The van der Waals surface area contributed by atoms with E-state index in [9.17, 15) is 4.79 Å². The van der Waals surface area contributed by atoms with Crippen molar-refractivity contribution in [2.75, 3.05) is 52.2 Å². The number of carbonyl (C=O) groups excluding carboxylic acids is 1. The molecule has 152 valence electrons. The number of rotatable bonds is 6. The number of hydrogen-bond acceptors (Lipinski definition) is 4. The lowest BCUT2D eigenvalue weighted by molar-refractivity contribution is -0.135. The van der Waals surface area contributed by atoms with Crippen LogP contribution < -0.4 is 4.90 Å². The van der Waals surface area contributed by atoms with Crippen molar-refractivity contribution in [2.45, 2.75) is 0 Å². The van der Waals surface area contributed by atoms with Crippen molar-refractivity contribution >= 4 is 34.2 Å². The van der Waals surface area contributed by atoms with Crippen LogP contribution in [0.1, 0.15) is 0 Å². The first-order valence-corrected chi connectivity index (χ1v) is 10.2. The second-order valence-corrected chi connectivity index (χ2v) is 8.34. The molecule has 2 heterocycles. The molecule has 0 aliphatic carbocycles. The zero-order chi connectivity index (χ0) is 20.5. The van der Waals surface area contributed by atoms with Gasteiger partial charge in [0.05, 0.1) is 22.0 Å². The molecule has 1 saturated heterocycles. The highest BCUT2D eigenvalue weighted by molar-refractivity contribution is 6.33. The summed E-state index contributed by atoms with van der Waals surface area (Å²) >= 11 is 6.46. The first-order valence-electron chi connectivity index (χ1n) is 9.81. The predicted molar refractivity (Wildman–Crippen MR) is 118 cm³/mol. The second kappa shape index (κ2) is 8.05. The average Bonchev–Trinajstić information content (AvgIpc) is 3.09. The van der Waals surface area contributed by atoms with Gasteiger partial charge in [0.1, 0.15) is 5.82 Å². The lowest BCUT2D eigenvalue weighted by Gasteiger charge is -2.41. The van der Waals surface area contributed by atoms with Crippen LogP contribution in [0.4, 0.5) is 5.69 Å². The Morgan fingerprint density at radius 3 is 2.66 bits per heavy atom. The van der Waals surface area contributed by atoms with Crippen molar-refractivity contribution in [2.24, 2.45) is 5.92 Å². The van der Waals surface area contributed by atoms with Crippen LogP contribution in [0.3, 0.4) is 0 Å². The van der Waals surface area contributed by atoms with Gasteiger partial charge in [-0.2, -0.15) is 0 Å². The van der Waals surface area contributed by atoms with E-state index in [4.69, 9.17) is 11.6 Å². The van der Waals surface area contributed by atoms with Crippen LogP contribution in [0.15, 0.2) is 42.5 Å². The molecule has 4 rings (SSSR count). The SMILES string of the molecule is CN(C)CCN(C)C(=O)C1CN(c2ccc(Cl)c(-c3nc4ccccc4[nH]3)c2)C1. The Labute approximate surface area is 176 Å². The van der Waals surface area contributed by atoms with Gasteiger partial charge in [0.15, 0.2) is 0 Å². The van der Waals surface area contributed by atoms with Crippen LogP contribution >= 0.6 is 11.6 Å². The van der Waals surface area contributed by atoms with E-state index in [0.29, 0.717) is 5.02 Å². The molecule has 0 bridgehead atoms. The maximum Gasteiger partial charge on any atom is 0.229 e. The number of likely N-dealkylation sites (N-methyl/N-ethyl adjacent to an activating group) is 2. The number of aromatic nitrogens is 2. The molecule has 3 aromatic rings. The molecule has 7 heteroatoms. The highest BCUT2D eigenvalue weighted by Crippen LogP contribution is 2.34. The van der Waals surface area contributed by atoms with E-state index in [0.717, 1.165) is 54.3 Å². The van der Waals surface area contributed by atoms with Gasteiger partial charge in [0.25, 0.3) is 0 Å². The third-order valence-electron chi connectivity index (χ3n) is 5.45. The van der Waals surface area contributed by atoms with Gasteiger partial charge in [-0.25, -0.2) is 4.98 Å². The van der Waals surface area contributed by atoms with Crippen molar-refractivity contribution in [1.82, 2.24) is 19.8 Å². The number of amides is 1. The van der Waals surface area contributed by atoms with Crippen molar-refractivity contribution in [3.63, 3.8) is 0 Å². The number of imidazole rings is 1. The average molecular weight is 412 g/mol. The number of H-pyrrole nitrogens is 1. The molecule has 29 heavy (non-hydrogen) atoms. The predicted octanol–water partition coefficient (Wildman–Crippen LogP) is 3.34. The van der Waals surface area contributed by atoms with Gasteiger partial charge in [-0.1, -0.05) is 23.7 Å². The summed E-state index contributed by atoms with van der Waals surface area (Å²) in [4.78, 5) is 26.7. The normalized spacial score (nSPS) is 14.4. The fraction of sp³-hybridized carbons (Fsp3) is 0.364. The molecular formula is C22H26ClN5O. The summed E-state index contributed by atoms with van der Waals surface area (Å²) in [5.41, 5.74) is 3.83. The largest absolute Gasteiger partial charge is 0.370 e. The minimum absolute atomic E-state index is 0.0486. The number of hydrogen-bond donors (Lipinski definition) is 1. The Hall–Kier alpha value is -2.57. The molecule has 1 aliphatic heterocycles. The van der Waals surface area contributed by atoms with Gasteiger partial charge in [0.2, 0.25) is 5.91 Å². The Kier molecular flexibility index (Phi) is 5.48. The van der Waals surface area contributed by atoms with Gasteiger partial charge in [-0.15, -0.1) is 0 Å². The minimum Gasteiger partial charge on any atom is -0.370 e. The van der Waals surface area contributed by atoms with Crippen molar-refractivity contribution < 1.29 is 4.79 Å². The maximum atomic E-state index is 12.6. The molecule has 2 aromatic carbocycles. The van der Waals surface area contributed by atoms with Crippen LogP contribution in [-0.2, 0) is 4.79 Å². The monoisotopic (exact) mass is 411 g/mol. The van der Waals surface area contributed by atoms with Crippen molar-refractivity contribution in [3.05, 3.63) is 47.5 Å². The molecule has 1 fully saturated rings. The summed E-state index contributed by atoms with van der Waals surface area (Å²) in [7, 11) is 5.92. The molecule has 0 saturated carbocycles. The third-order valence-corrected chi connectivity index (χ3v) is 5.78. The molecule has 1 aliphatic rings. The minimum atomic E-state index is 0.0486. The first kappa shape index (κ1) is 19.7. The van der Waals surface area contributed by atoms with Crippen LogP contribution in [0, 0.1) is 5.92 Å². The van der Waals surface area contributed by atoms with E-state index >= 15 is 0 Å². The van der Waals surface area contributed by atoms with E-state index in [1.54, 1.807) is 0 Å². The zero-order valence-corrected chi connectivity index (χ0v) is 17.8. The molecule has 0 atom stereocenters. The molecule has 1 N–H and O–H groups in total. The highest BCUT2D eigenvalue weighted by atomic mass is 35.5. The Morgan fingerprint density at radius 1 is 1.17 bits per heavy atom. The van der Waals surface area contributed by atoms with Gasteiger partial charge < -0.3 is 19.7 Å². The Balaban J connectivity index is 1.46. The van der Waals surface area contributed by atoms with Crippen LogP contribution in [-0.4, -0.2) is 73.0 Å². The Bertz CT molecular complexity index is 992. The summed E-state index contributed by atoms with van der Waals surface area (Å²) in [6, 6.07) is 13.9. The van der Waals surface area contributed by atoms with Gasteiger partial charge in [-0.3, -0.25) is 4.79 Å². The van der Waals surface area contributed by atoms with E-state index in [2.05, 4.69) is 25.8 Å². The summed E-state index contributed by atoms with van der Waals surface area (Å²) in [5, 5.41) is 0.657. The summed E-state index contributed by atoms with van der Waals surface area (Å²) in [5.74, 6) is 1.02. The number of nitrogens with one attached hydrogen (secondary N) is 1. The lowest BCUT2D eigenvalue weighted by atomic mass is 9.97. The molecule has 1 aromatic heterocycles. The molecule has 1 amide bonds. The van der Waals surface area contributed by atoms with Crippen LogP contribution in [0.2, 0.25) is 5.02 Å². The number of aromatic amines is 1. The number of benzene rings is 2. The number of fused-ring (bicyclic) bond motifs is 1. The van der Waals surface area contributed by atoms with Crippen LogP contribution in [0.5, 0.6) is 0 Å². The number of halogens is 1. The number of para-hydroxylation sites is 2. The molecular weight excluding hydrogens is 386 g/mol. The highest BCUT2D eigenvalue weighted by Gasteiger charge is 2.34. The van der Waals surface area contributed by atoms with Crippen molar-refractivity contribution in [1.29, 1.82) is 0 Å². The summed E-state index contributed by atoms with van der Waals surface area (Å²) in [6.07, 6.45) is 0. The smallest absolute Gasteiger partial charge is 0.229 e. The lowest BCUT2D eigenvalue weighted by Crippen LogP contribution is -2.54. The zero-order valence-electron chi connectivity index (χ0n) is 17.0. The van der Waals surface area contributed by atoms with Gasteiger partial charge >= 0.3 is 0 Å². The summed E-state index contributed by atoms with van der Waals surface area (Å²) < 4.78 is 0. The molecule has 0 radical (unpaired) electrons. The number of carbonyl (C=O) groups is 1. The number of nitrogens with zero attached hydrogens (tertiary/aromatic N) is 4. The topological polar surface area (TPSA) is 55.5 Å². The maximum absolute atomic E-state index is 12.6. The van der Waals surface area contributed by atoms with Crippen LogP contribution in [0.25, 0.3) is 22.4 Å². The van der Waals surface area contributed by atoms with Crippen molar-refractivity contribution in [3.8, 4) is 11.4 Å². The van der Waals surface area contributed by atoms with Gasteiger partial charge in [0, 0.05) is 44.5 Å². The standard InChI is InChI=1S/C22H26ClN5O/c1-26(2)10-11-27(3)22(29)15-13-28(14-15)16-8-9-18(23)17(12-16)21-24-19-6-4-5-7-20(19)25-21/h4-9,12,15H,10-11,13-14H2,1-3H3,(H,24,25). The molecule has 0 spiro atoms. The third kappa shape index (κ3) is 4.09.